The van der Waals surface area contributed by atoms with Gasteiger partial charge in [0.15, 0.2) is 0 Å². The van der Waals surface area contributed by atoms with Gasteiger partial charge in [0.2, 0.25) is 0 Å². The van der Waals surface area contributed by atoms with E-state index in [1.165, 1.54) is 0 Å². The zero-order chi connectivity index (χ0) is 12.5. The molecule has 1 aliphatic heterocycles. The highest BCUT2D eigenvalue weighted by Crippen LogP contribution is 2.28. The van der Waals surface area contributed by atoms with Gasteiger partial charge < -0.3 is 5.32 Å². The van der Waals surface area contributed by atoms with E-state index >= 15 is 0 Å². The number of fused-ring (bicyclic) bond motifs is 1. The lowest BCUT2D eigenvalue weighted by Crippen LogP contribution is -2.33. The van der Waals surface area contributed by atoms with Gasteiger partial charge in [-0.25, -0.2) is 4.98 Å². The molecule has 0 radical (unpaired) electrons. The molecule has 18 heavy (non-hydrogen) atoms. The Morgan fingerprint density at radius 1 is 1.22 bits per heavy atom. The summed E-state index contributed by atoms with van der Waals surface area (Å²) in [6.07, 6.45) is 4.09. The summed E-state index contributed by atoms with van der Waals surface area (Å²) in [5, 5.41) is 3.23. The minimum absolute atomic E-state index is 0.113. The quantitative estimate of drug-likeness (QED) is 0.798. The van der Waals surface area contributed by atoms with Crippen LogP contribution in [-0.4, -0.2) is 22.4 Å². The predicted molar refractivity (Wildman–Crippen MR) is 68.5 cm³/mol. The van der Waals surface area contributed by atoms with E-state index in [1.807, 2.05) is 12.1 Å². The number of hydrogen-bond acceptors (Lipinski definition) is 3. The van der Waals surface area contributed by atoms with Crippen molar-refractivity contribution in [3.8, 4) is 11.1 Å². The molecular weight excluding hydrogens is 250 g/mol. The number of nitrogens with one attached hydrogen (secondary N) is 1. The molecule has 2 aromatic heterocycles. The smallest absolute Gasteiger partial charge is 0.270 e. The molecule has 1 N–H and O–H groups in total. The molecule has 0 fully saturated rings. The first-order chi connectivity index (χ1) is 8.75. The number of aromatic nitrogens is 2. The van der Waals surface area contributed by atoms with Gasteiger partial charge in [0, 0.05) is 18.9 Å². The minimum atomic E-state index is -0.113. The van der Waals surface area contributed by atoms with Gasteiger partial charge in [-0.05, 0) is 41.3 Å². The summed E-state index contributed by atoms with van der Waals surface area (Å²) < 4.78 is 0. The third-order valence-electron chi connectivity index (χ3n) is 2.97. The maximum atomic E-state index is 11.7. The minimum Gasteiger partial charge on any atom is -0.350 e. The molecule has 1 aliphatic rings. The van der Waals surface area contributed by atoms with E-state index in [2.05, 4.69) is 15.3 Å². The second-order valence-corrected chi connectivity index (χ2v) is 4.45. The van der Waals surface area contributed by atoms with Crippen molar-refractivity contribution in [1.29, 1.82) is 0 Å². The van der Waals surface area contributed by atoms with Crippen molar-refractivity contribution < 1.29 is 4.79 Å². The monoisotopic (exact) mass is 259 g/mol. The van der Waals surface area contributed by atoms with Crippen molar-refractivity contribution in [3.05, 3.63) is 47.0 Å². The second-order valence-electron chi connectivity index (χ2n) is 4.06. The standard InChI is InChI=1S/C13H10ClN3O/c14-11-7-8(1-4-15-11)9-2-5-16-12-10(9)3-6-17-13(12)18/h1-2,4-5,7H,3,6H2,(H,17,18). The number of halogens is 1. The number of pyridine rings is 2. The number of carbonyl (C=O) groups excluding carboxylic acids is 1. The molecule has 0 aliphatic carbocycles. The van der Waals surface area contributed by atoms with Crippen LogP contribution in [0.1, 0.15) is 16.1 Å². The molecular formula is C13H10ClN3O. The van der Waals surface area contributed by atoms with E-state index in [4.69, 9.17) is 11.6 Å². The Kier molecular flexibility index (Phi) is 2.72. The summed E-state index contributed by atoms with van der Waals surface area (Å²) in [4.78, 5) is 19.8. The number of hydrogen-bond donors (Lipinski definition) is 1. The summed E-state index contributed by atoms with van der Waals surface area (Å²) >= 11 is 5.90. The second kappa shape index (κ2) is 4.38. The van der Waals surface area contributed by atoms with Crippen LogP contribution < -0.4 is 5.32 Å². The lowest BCUT2D eigenvalue weighted by atomic mass is 9.95. The Morgan fingerprint density at radius 3 is 2.89 bits per heavy atom. The molecule has 2 aromatic rings. The molecule has 1 amide bonds. The Labute approximate surface area is 109 Å². The van der Waals surface area contributed by atoms with Gasteiger partial charge in [-0.3, -0.25) is 9.78 Å². The van der Waals surface area contributed by atoms with Crippen LogP contribution >= 0.6 is 11.6 Å². The van der Waals surface area contributed by atoms with Gasteiger partial charge in [0.25, 0.3) is 5.91 Å². The lowest BCUT2D eigenvalue weighted by molar-refractivity contribution is 0.0940. The molecule has 0 atom stereocenters. The van der Waals surface area contributed by atoms with Crippen LogP contribution in [0, 0.1) is 0 Å². The molecule has 0 aromatic carbocycles. The summed E-state index contributed by atoms with van der Waals surface area (Å²) in [6.45, 7) is 0.642. The molecule has 90 valence electrons. The van der Waals surface area contributed by atoms with Crippen LogP contribution in [-0.2, 0) is 6.42 Å². The van der Waals surface area contributed by atoms with E-state index in [0.717, 1.165) is 23.1 Å². The van der Waals surface area contributed by atoms with Crippen LogP contribution in [0.15, 0.2) is 30.6 Å². The predicted octanol–water partition coefficient (Wildman–Crippen LogP) is 2.08. The lowest BCUT2D eigenvalue weighted by Gasteiger charge is -2.18. The Bertz CT molecular complexity index is 627. The third kappa shape index (κ3) is 1.84. The Hall–Kier alpha value is -1.94. The van der Waals surface area contributed by atoms with Gasteiger partial charge in [-0.2, -0.15) is 0 Å². The largest absolute Gasteiger partial charge is 0.350 e. The highest BCUT2D eigenvalue weighted by Gasteiger charge is 2.21. The Morgan fingerprint density at radius 2 is 2.06 bits per heavy atom. The van der Waals surface area contributed by atoms with E-state index < -0.39 is 0 Å². The number of carbonyl (C=O) groups is 1. The first-order valence-corrected chi connectivity index (χ1v) is 6.01. The van der Waals surface area contributed by atoms with Crippen molar-refractivity contribution in [3.63, 3.8) is 0 Å². The third-order valence-corrected chi connectivity index (χ3v) is 3.18. The molecule has 0 saturated carbocycles. The van der Waals surface area contributed by atoms with E-state index in [9.17, 15) is 4.79 Å². The molecule has 3 heterocycles. The van der Waals surface area contributed by atoms with Crippen LogP contribution in [0.4, 0.5) is 0 Å². The zero-order valence-electron chi connectivity index (χ0n) is 9.48. The summed E-state index contributed by atoms with van der Waals surface area (Å²) in [6, 6.07) is 5.58. The first kappa shape index (κ1) is 11.2. The van der Waals surface area contributed by atoms with E-state index in [-0.39, 0.29) is 5.91 Å². The highest BCUT2D eigenvalue weighted by atomic mass is 35.5. The van der Waals surface area contributed by atoms with Crippen molar-refractivity contribution in [2.24, 2.45) is 0 Å². The molecule has 4 nitrogen and oxygen atoms in total. The summed E-state index contributed by atoms with van der Waals surface area (Å²) in [5.74, 6) is -0.113. The van der Waals surface area contributed by atoms with Crippen molar-refractivity contribution in [2.45, 2.75) is 6.42 Å². The molecule has 0 spiro atoms. The fourth-order valence-corrected chi connectivity index (χ4v) is 2.34. The zero-order valence-corrected chi connectivity index (χ0v) is 10.2. The van der Waals surface area contributed by atoms with Crippen LogP contribution in [0.2, 0.25) is 5.15 Å². The number of nitrogens with zero attached hydrogens (tertiary/aromatic N) is 2. The number of rotatable bonds is 1. The SMILES string of the molecule is O=C1NCCc2c(-c3ccnc(Cl)c3)ccnc21. The average molecular weight is 260 g/mol. The Balaban J connectivity index is 2.19. The highest BCUT2D eigenvalue weighted by molar-refractivity contribution is 6.29. The van der Waals surface area contributed by atoms with Crippen LogP contribution in [0.25, 0.3) is 11.1 Å². The van der Waals surface area contributed by atoms with Crippen molar-refractivity contribution in [2.75, 3.05) is 6.54 Å². The maximum absolute atomic E-state index is 11.7. The molecule has 0 bridgehead atoms. The topological polar surface area (TPSA) is 54.9 Å². The summed E-state index contributed by atoms with van der Waals surface area (Å²) in [5.41, 5.74) is 3.44. The van der Waals surface area contributed by atoms with Gasteiger partial charge in [-0.1, -0.05) is 11.6 Å². The van der Waals surface area contributed by atoms with Gasteiger partial charge >= 0.3 is 0 Å². The van der Waals surface area contributed by atoms with Gasteiger partial charge in [-0.15, -0.1) is 0 Å². The van der Waals surface area contributed by atoms with Crippen LogP contribution in [0.3, 0.4) is 0 Å². The number of amides is 1. The molecule has 0 unspecified atom stereocenters. The van der Waals surface area contributed by atoms with Gasteiger partial charge in [0.1, 0.15) is 10.8 Å². The van der Waals surface area contributed by atoms with E-state index in [1.54, 1.807) is 18.5 Å². The molecule has 3 rings (SSSR count). The average Bonchev–Trinajstić information content (AvgIpc) is 2.39. The fraction of sp³-hybridized carbons (Fsp3) is 0.154. The van der Waals surface area contributed by atoms with Crippen molar-refractivity contribution >= 4 is 17.5 Å². The molecule has 0 saturated heterocycles. The first-order valence-electron chi connectivity index (χ1n) is 5.64. The maximum Gasteiger partial charge on any atom is 0.270 e. The summed E-state index contributed by atoms with van der Waals surface area (Å²) in [7, 11) is 0. The fourth-order valence-electron chi connectivity index (χ4n) is 2.17. The normalized spacial score (nSPS) is 13.9. The van der Waals surface area contributed by atoms with Crippen LogP contribution in [0.5, 0.6) is 0 Å². The van der Waals surface area contributed by atoms with Gasteiger partial charge in [0.05, 0.1) is 0 Å². The van der Waals surface area contributed by atoms with E-state index in [0.29, 0.717) is 17.4 Å². The molecule has 5 heteroatoms. The van der Waals surface area contributed by atoms with Crippen molar-refractivity contribution in [1.82, 2.24) is 15.3 Å².